The van der Waals surface area contributed by atoms with Gasteiger partial charge in [0.15, 0.2) is 0 Å². The van der Waals surface area contributed by atoms with Crippen LogP contribution in [0.2, 0.25) is 0 Å². The second kappa shape index (κ2) is 7.80. The van der Waals surface area contributed by atoms with Gasteiger partial charge < -0.3 is 15.2 Å². The summed E-state index contributed by atoms with van der Waals surface area (Å²) in [5.74, 6) is 0. The smallest absolute Gasteiger partial charge is 0.0713 e. The summed E-state index contributed by atoms with van der Waals surface area (Å²) in [5, 5.41) is 12.9. The fourth-order valence-electron chi connectivity index (χ4n) is 2.13. The van der Waals surface area contributed by atoms with Crippen molar-refractivity contribution in [3.05, 3.63) is 71.3 Å². The number of methoxy groups -OCH3 is 1. The van der Waals surface area contributed by atoms with E-state index in [9.17, 15) is 5.11 Å². The minimum atomic E-state index is -0.0325. The Morgan fingerprint density at radius 3 is 2.25 bits per heavy atom. The quantitative estimate of drug-likeness (QED) is 0.813. The summed E-state index contributed by atoms with van der Waals surface area (Å²) in [5.41, 5.74) is 3.46. The molecule has 0 saturated carbocycles. The van der Waals surface area contributed by atoms with Crippen molar-refractivity contribution < 1.29 is 9.84 Å². The van der Waals surface area contributed by atoms with E-state index < -0.39 is 0 Å². The van der Waals surface area contributed by atoms with Gasteiger partial charge >= 0.3 is 0 Å². The summed E-state index contributed by atoms with van der Waals surface area (Å²) in [6, 6.07) is 18.3. The van der Waals surface area contributed by atoms with Crippen LogP contribution in [0.3, 0.4) is 0 Å². The van der Waals surface area contributed by atoms with Crippen LogP contribution >= 0.6 is 0 Å². The SMILES string of the molecule is COCc1ccc(CNC(CO)c2ccccc2)cc1. The lowest BCUT2D eigenvalue weighted by atomic mass is 10.1. The Bertz CT molecular complexity index is 496. The molecule has 1 unspecified atom stereocenters. The molecule has 0 amide bonds. The Kier molecular flexibility index (Phi) is 5.74. The van der Waals surface area contributed by atoms with Crippen molar-refractivity contribution in [1.82, 2.24) is 5.32 Å². The molecule has 0 radical (unpaired) electrons. The summed E-state index contributed by atoms with van der Waals surface area (Å²) in [4.78, 5) is 0. The maximum absolute atomic E-state index is 9.49. The molecule has 2 rings (SSSR count). The molecule has 3 nitrogen and oxygen atoms in total. The van der Waals surface area contributed by atoms with Gasteiger partial charge in [0, 0.05) is 13.7 Å². The normalized spacial score (nSPS) is 12.3. The van der Waals surface area contributed by atoms with Crippen molar-refractivity contribution in [2.75, 3.05) is 13.7 Å². The van der Waals surface area contributed by atoms with E-state index in [4.69, 9.17) is 4.74 Å². The summed E-state index contributed by atoms with van der Waals surface area (Å²) >= 11 is 0. The minimum Gasteiger partial charge on any atom is -0.394 e. The standard InChI is InChI=1S/C17H21NO2/c1-20-13-15-9-7-14(8-10-15)11-18-17(12-19)16-5-3-2-4-6-16/h2-10,17-19H,11-13H2,1H3. The monoisotopic (exact) mass is 271 g/mol. The third kappa shape index (κ3) is 4.17. The van der Waals surface area contributed by atoms with E-state index in [-0.39, 0.29) is 12.6 Å². The molecule has 0 aliphatic carbocycles. The Hall–Kier alpha value is -1.68. The zero-order chi connectivity index (χ0) is 14.2. The molecule has 0 fully saturated rings. The van der Waals surface area contributed by atoms with E-state index in [0.717, 1.165) is 17.7 Å². The topological polar surface area (TPSA) is 41.5 Å². The fraction of sp³-hybridized carbons (Fsp3) is 0.294. The summed E-state index contributed by atoms with van der Waals surface area (Å²) < 4.78 is 5.09. The molecule has 2 aromatic carbocycles. The lowest BCUT2D eigenvalue weighted by molar-refractivity contribution is 0.185. The predicted molar refractivity (Wildman–Crippen MR) is 80.3 cm³/mol. The van der Waals surface area contributed by atoms with Gasteiger partial charge in [-0.15, -0.1) is 0 Å². The number of aliphatic hydroxyl groups is 1. The maximum atomic E-state index is 9.49. The second-order valence-corrected chi connectivity index (χ2v) is 4.78. The van der Waals surface area contributed by atoms with Crippen LogP contribution in [0, 0.1) is 0 Å². The first-order valence-electron chi connectivity index (χ1n) is 6.79. The van der Waals surface area contributed by atoms with Crippen molar-refractivity contribution in [1.29, 1.82) is 0 Å². The molecule has 3 heteroatoms. The Balaban J connectivity index is 1.93. The molecule has 0 aromatic heterocycles. The molecular weight excluding hydrogens is 250 g/mol. The molecular formula is C17H21NO2. The van der Waals surface area contributed by atoms with E-state index >= 15 is 0 Å². The fourth-order valence-corrected chi connectivity index (χ4v) is 2.13. The van der Waals surface area contributed by atoms with E-state index in [1.165, 1.54) is 5.56 Å². The van der Waals surface area contributed by atoms with Crippen LogP contribution in [0.15, 0.2) is 54.6 Å². The van der Waals surface area contributed by atoms with Gasteiger partial charge in [0.2, 0.25) is 0 Å². The first-order chi connectivity index (χ1) is 9.83. The third-order valence-corrected chi connectivity index (χ3v) is 3.27. The number of benzene rings is 2. The van der Waals surface area contributed by atoms with Crippen molar-refractivity contribution in [3.8, 4) is 0 Å². The molecule has 20 heavy (non-hydrogen) atoms. The third-order valence-electron chi connectivity index (χ3n) is 3.27. The lowest BCUT2D eigenvalue weighted by Crippen LogP contribution is -2.23. The average molecular weight is 271 g/mol. The lowest BCUT2D eigenvalue weighted by Gasteiger charge is -2.16. The Labute approximate surface area is 120 Å². The Morgan fingerprint density at radius 2 is 1.65 bits per heavy atom. The number of ether oxygens (including phenoxy) is 1. The van der Waals surface area contributed by atoms with Gasteiger partial charge in [-0.1, -0.05) is 54.6 Å². The van der Waals surface area contributed by atoms with Gasteiger partial charge in [-0.05, 0) is 16.7 Å². The van der Waals surface area contributed by atoms with E-state index in [1.807, 2.05) is 30.3 Å². The van der Waals surface area contributed by atoms with Gasteiger partial charge in [0.05, 0.1) is 19.3 Å². The average Bonchev–Trinajstić information content (AvgIpc) is 2.51. The minimum absolute atomic E-state index is 0.0325. The van der Waals surface area contributed by atoms with Crippen LogP contribution in [0.1, 0.15) is 22.7 Å². The maximum Gasteiger partial charge on any atom is 0.0713 e. The van der Waals surface area contributed by atoms with Crippen LogP contribution in [-0.2, 0) is 17.9 Å². The molecule has 2 aromatic rings. The molecule has 0 heterocycles. The number of hydrogen-bond acceptors (Lipinski definition) is 3. The van der Waals surface area contributed by atoms with Crippen LogP contribution in [0.4, 0.5) is 0 Å². The molecule has 0 saturated heterocycles. The van der Waals surface area contributed by atoms with Crippen LogP contribution < -0.4 is 5.32 Å². The molecule has 0 aliphatic rings. The summed E-state index contributed by atoms with van der Waals surface area (Å²) in [6.07, 6.45) is 0. The van der Waals surface area contributed by atoms with E-state index in [0.29, 0.717) is 6.61 Å². The number of hydrogen-bond donors (Lipinski definition) is 2. The Morgan fingerprint density at radius 1 is 1.00 bits per heavy atom. The zero-order valence-electron chi connectivity index (χ0n) is 11.8. The first-order valence-corrected chi connectivity index (χ1v) is 6.79. The zero-order valence-corrected chi connectivity index (χ0v) is 11.8. The van der Waals surface area contributed by atoms with Gasteiger partial charge in [-0.3, -0.25) is 0 Å². The second-order valence-electron chi connectivity index (χ2n) is 4.78. The first kappa shape index (κ1) is 14.7. The summed E-state index contributed by atoms with van der Waals surface area (Å²) in [7, 11) is 1.70. The van der Waals surface area contributed by atoms with Crippen LogP contribution in [-0.4, -0.2) is 18.8 Å². The van der Waals surface area contributed by atoms with Crippen molar-refractivity contribution in [2.45, 2.75) is 19.2 Å². The van der Waals surface area contributed by atoms with Crippen LogP contribution in [0.5, 0.6) is 0 Å². The van der Waals surface area contributed by atoms with E-state index in [1.54, 1.807) is 7.11 Å². The van der Waals surface area contributed by atoms with Crippen molar-refractivity contribution >= 4 is 0 Å². The largest absolute Gasteiger partial charge is 0.394 e. The van der Waals surface area contributed by atoms with E-state index in [2.05, 4.69) is 29.6 Å². The molecule has 1 atom stereocenters. The molecule has 0 aliphatic heterocycles. The highest BCUT2D eigenvalue weighted by Gasteiger charge is 2.08. The highest BCUT2D eigenvalue weighted by Crippen LogP contribution is 2.13. The molecule has 0 spiro atoms. The van der Waals surface area contributed by atoms with Crippen molar-refractivity contribution in [3.63, 3.8) is 0 Å². The number of aliphatic hydroxyl groups excluding tert-OH is 1. The summed E-state index contributed by atoms with van der Waals surface area (Å²) in [6.45, 7) is 1.45. The molecule has 106 valence electrons. The van der Waals surface area contributed by atoms with Gasteiger partial charge in [-0.25, -0.2) is 0 Å². The van der Waals surface area contributed by atoms with Gasteiger partial charge in [-0.2, -0.15) is 0 Å². The predicted octanol–water partition coefficient (Wildman–Crippen LogP) is 2.66. The van der Waals surface area contributed by atoms with Crippen LogP contribution in [0.25, 0.3) is 0 Å². The van der Waals surface area contributed by atoms with Gasteiger partial charge in [0.1, 0.15) is 0 Å². The number of nitrogens with one attached hydrogen (secondary N) is 1. The molecule has 0 bridgehead atoms. The van der Waals surface area contributed by atoms with Crippen molar-refractivity contribution in [2.24, 2.45) is 0 Å². The van der Waals surface area contributed by atoms with Gasteiger partial charge in [0.25, 0.3) is 0 Å². The highest BCUT2D eigenvalue weighted by atomic mass is 16.5. The molecule has 2 N–H and O–H groups in total. The highest BCUT2D eigenvalue weighted by molar-refractivity contribution is 5.23. The number of rotatable bonds is 7.